The van der Waals surface area contributed by atoms with Gasteiger partial charge in [0.2, 0.25) is 5.91 Å². The molecule has 31 heavy (non-hydrogen) atoms. The van der Waals surface area contributed by atoms with Gasteiger partial charge in [0.25, 0.3) is 5.56 Å². The topological polar surface area (TPSA) is 84.3 Å². The van der Waals surface area contributed by atoms with Crippen molar-refractivity contribution >= 4 is 45.3 Å². The highest BCUT2D eigenvalue weighted by molar-refractivity contribution is 7.99. The molecule has 3 aromatic rings. The van der Waals surface area contributed by atoms with Crippen LogP contribution >= 0.6 is 23.1 Å². The van der Waals surface area contributed by atoms with Gasteiger partial charge in [0.05, 0.1) is 17.6 Å². The van der Waals surface area contributed by atoms with Gasteiger partial charge >= 0.3 is 6.03 Å². The zero-order chi connectivity index (χ0) is 21.4. The highest BCUT2D eigenvalue weighted by atomic mass is 32.2. The molecule has 2 aliphatic rings. The first kappa shape index (κ1) is 20.3. The zero-order valence-corrected chi connectivity index (χ0v) is 18.6. The third-order valence-corrected chi connectivity index (χ3v) is 7.88. The Kier molecular flexibility index (Phi) is 5.54. The molecule has 0 atom stereocenters. The Hall–Kier alpha value is -2.65. The minimum Gasteiger partial charge on any atom is -0.329 e. The Bertz CT molecular complexity index is 1200. The molecular formula is C22H22N4O3S2. The average molecular weight is 455 g/mol. The van der Waals surface area contributed by atoms with Gasteiger partial charge in [0.15, 0.2) is 5.16 Å². The van der Waals surface area contributed by atoms with Crippen molar-refractivity contribution in [1.82, 2.24) is 19.8 Å². The zero-order valence-electron chi connectivity index (χ0n) is 16.9. The summed E-state index contributed by atoms with van der Waals surface area (Å²) in [5.74, 6) is 0.451. The number of aromatic nitrogens is 2. The van der Waals surface area contributed by atoms with E-state index in [0.29, 0.717) is 23.9 Å². The van der Waals surface area contributed by atoms with Crippen LogP contribution in [0.3, 0.4) is 0 Å². The first-order valence-electron chi connectivity index (χ1n) is 10.5. The van der Waals surface area contributed by atoms with Crippen LogP contribution in [0.2, 0.25) is 0 Å². The maximum absolute atomic E-state index is 13.6. The summed E-state index contributed by atoms with van der Waals surface area (Å²) in [4.78, 5) is 45.3. The lowest BCUT2D eigenvalue weighted by Gasteiger charge is -2.14. The normalized spacial score (nSPS) is 16.1. The van der Waals surface area contributed by atoms with Crippen molar-refractivity contribution in [2.45, 2.75) is 37.3 Å². The van der Waals surface area contributed by atoms with E-state index < -0.39 is 0 Å². The van der Waals surface area contributed by atoms with Gasteiger partial charge in [-0.2, -0.15) is 0 Å². The molecule has 2 aromatic heterocycles. The second-order valence-corrected chi connectivity index (χ2v) is 9.81. The number of imide groups is 1. The minimum atomic E-state index is -0.333. The fraction of sp³-hybridized carbons (Fsp3) is 0.364. The number of rotatable bonds is 6. The number of hydrogen-bond donors (Lipinski definition) is 1. The number of amides is 3. The number of nitrogens with zero attached hydrogens (tertiary/aromatic N) is 3. The van der Waals surface area contributed by atoms with E-state index in [0.717, 1.165) is 41.6 Å². The van der Waals surface area contributed by atoms with Crippen LogP contribution in [0.5, 0.6) is 0 Å². The number of hydrogen-bond acceptors (Lipinski definition) is 6. The third kappa shape index (κ3) is 3.76. The largest absolute Gasteiger partial charge is 0.329 e. The Morgan fingerprint density at radius 1 is 1.10 bits per heavy atom. The number of para-hydroxylation sites is 1. The molecule has 1 saturated heterocycles. The molecule has 1 fully saturated rings. The summed E-state index contributed by atoms with van der Waals surface area (Å²) in [5.41, 5.74) is 1.98. The van der Waals surface area contributed by atoms with Gasteiger partial charge in [-0.25, -0.2) is 9.78 Å². The van der Waals surface area contributed by atoms with Crippen LogP contribution in [0, 0.1) is 0 Å². The van der Waals surface area contributed by atoms with E-state index in [1.165, 1.54) is 27.1 Å². The fourth-order valence-corrected chi connectivity index (χ4v) is 6.39. The van der Waals surface area contributed by atoms with Gasteiger partial charge in [-0.1, -0.05) is 30.0 Å². The summed E-state index contributed by atoms with van der Waals surface area (Å²) in [5, 5.41) is 3.96. The molecule has 3 amide bonds. The summed E-state index contributed by atoms with van der Waals surface area (Å²) in [6.45, 7) is 0.434. The number of thioether (sulfide) groups is 1. The molecule has 1 aliphatic heterocycles. The maximum Gasteiger partial charge on any atom is 0.324 e. The summed E-state index contributed by atoms with van der Waals surface area (Å²) in [7, 11) is 0. The van der Waals surface area contributed by atoms with E-state index in [1.807, 2.05) is 30.3 Å². The molecule has 1 N–H and O–H groups in total. The van der Waals surface area contributed by atoms with Gasteiger partial charge in [0, 0.05) is 17.2 Å². The molecule has 0 radical (unpaired) electrons. The van der Waals surface area contributed by atoms with Crippen LogP contribution in [-0.4, -0.2) is 45.2 Å². The monoisotopic (exact) mass is 454 g/mol. The molecule has 0 unspecified atom stereocenters. The van der Waals surface area contributed by atoms with Crippen LogP contribution in [0.25, 0.3) is 15.9 Å². The van der Waals surface area contributed by atoms with Crippen LogP contribution in [0.1, 0.15) is 29.7 Å². The average Bonchev–Trinajstić information content (AvgIpc) is 3.31. The fourth-order valence-electron chi connectivity index (χ4n) is 4.16. The Balaban J connectivity index is 1.47. The van der Waals surface area contributed by atoms with Crippen LogP contribution in [0.4, 0.5) is 4.79 Å². The molecule has 9 heteroatoms. The van der Waals surface area contributed by atoms with Gasteiger partial charge in [-0.15, -0.1) is 11.3 Å². The maximum atomic E-state index is 13.6. The van der Waals surface area contributed by atoms with E-state index in [-0.39, 0.29) is 24.0 Å². The Morgan fingerprint density at radius 3 is 2.68 bits per heavy atom. The standard InChI is InChI=1S/C22H22N4O3S2/c27-17-13-23-21(29)25(17)11-6-12-30-22-24-19-18(15-9-4-5-10-16(15)31-19)20(28)26(22)14-7-2-1-3-8-14/h1-3,7-8H,4-6,9-13H2,(H,23,29). The molecule has 3 heterocycles. The quantitative estimate of drug-likeness (QED) is 0.267. The van der Waals surface area contributed by atoms with Crippen LogP contribution < -0.4 is 10.9 Å². The Morgan fingerprint density at radius 2 is 1.90 bits per heavy atom. The number of carbonyl (C=O) groups excluding carboxylic acids is 2. The number of thiophene rings is 1. The third-order valence-electron chi connectivity index (χ3n) is 5.67. The van der Waals surface area contributed by atoms with Crippen molar-refractivity contribution in [3.8, 4) is 5.69 Å². The van der Waals surface area contributed by atoms with Crippen LogP contribution in [0.15, 0.2) is 40.3 Å². The summed E-state index contributed by atoms with van der Waals surface area (Å²) < 4.78 is 1.71. The molecule has 0 saturated carbocycles. The number of carbonyl (C=O) groups is 2. The summed E-state index contributed by atoms with van der Waals surface area (Å²) in [6.07, 6.45) is 4.88. The van der Waals surface area contributed by atoms with Gasteiger partial charge in [-0.05, 0) is 49.8 Å². The lowest BCUT2D eigenvalue weighted by Crippen LogP contribution is -2.32. The molecule has 0 spiro atoms. The highest BCUT2D eigenvalue weighted by Crippen LogP contribution is 2.35. The van der Waals surface area contributed by atoms with Crippen molar-refractivity contribution < 1.29 is 9.59 Å². The van der Waals surface area contributed by atoms with Crippen molar-refractivity contribution in [3.05, 3.63) is 51.1 Å². The molecule has 0 bridgehead atoms. The van der Waals surface area contributed by atoms with E-state index in [2.05, 4.69) is 5.32 Å². The van der Waals surface area contributed by atoms with Crippen LogP contribution in [-0.2, 0) is 17.6 Å². The molecule has 7 nitrogen and oxygen atoms in total. The second-order valence-electron chi connectivity index (χ2n) is 7.67. The summed E-state index contributed by atoms with van der Waals surface area (Å²) >= 11 is 3.14. The number of urea groups is 1. The van der Waals surface area contributed by atoms with Gasteiger partial charge in [-0.3, -0.25) is 19.1 Å². The summed E-state index contributed by atoms with van der Waals surface area (Å²) in [6, 6.07) is 9.27. The molecule has 160 valence electrons. The number of fused-ring (bicyclic) bond motifs is 3. The van der Waals surface area contributed by atoms with Crippen molar-refractivity contribution in [1.29, 1.82) is 0 Å². The predicted octanol–water partition coefficient (Wildman–Crippen LogP) is 3.36. The predicted molar refractivity (Wildman–Crippen MR) is 122 cm³/mol. The smallest absolute Gasteiger partial charge is 0.324 e. The second kappa shape index (κ2) is 8.47. The Labute approximate surface area is 187 Å². The van der Waals surface area contributed by atoms with E-state index in [4.69, 9.17) is 4.98 Å². The van der Waals surface area contributed by atoms with E-state index in [9.17, 15) is 14.4 Å². The highest BCUT2D eigenvalue weighted by Gasteiger charge is 2.28. The van der Waals surface area contributed by atoms with E-state index in [1.54, 1.807) is 15.9 Å². The molecule has 1 aromatic carbocycles. The van der Waals surface area contributed by atoms with Crippen molar-refractivity contribution in [2.24, 2.45) is 0 Å². The molecule has 1 aliphatic carbocycles. The first-order valence-corrected chi connectivity index (χ1v) is 12.3. The SMILES string of the molecule is O=C1CNC(=O)N1CCCSc1nc2sc3c(c2c(=O)n1-c1ccccc1)CCCC3. The first-order chi connectivity index (χ1) is 15.1. The number of benzene rings is 1. The van der Waals surface area contributed by atoms with Crippen molar-refractivity contribution in [2.75, 3.05) is 18.8 Å². The number of aryl methyl sites for hydroxylation is 2. The van der Waals surface area contributed by atoms with Crippen molar-refractivity contribution in [3.63, 3.8) is 0 Å². The molecule has 5 rings (SSSR count). The lowest BCUT2D eigenvalue weighted by atomic mass is 9.97. The van der Waals surface area contributed by atoms with E-state index >= 15 is 0 Å². The number of nitrogens with one attached hydrogen (secondary N) is 1. The lowest BCUT2D eigenvalue weighted by molar-refractivity contribution is -0.124. The van der Waals surface area contributed by atoms with Gasteiger partial charge < -0.3 is 5.32 Å². The van der Waals surface area contributed by atoms with Gasteiger partial charge in [0.1, 0.15) is 4.83 Å². The molecular weight excluding hydrogens is 432 g/mol. The minimum absolute atomic E-state index is 0.00722.